The highest BCUT2D eigenvalue weighted by Crippen LogP contribution is 2.28. The molecule has 0 spiro atoms. The topological polar surface area (TPSA) is 71.1 Å². The van der Waals surface area contributed by atoms with Crippen LogP contribution in [0.25, 0.3) is 0 Å². The van der Waals surface area contributed by atoms with E-state index in [9.17, 15) is 9.59 Å². The Hall–Kier alpha value is -2.28. The third kappa shape index (κ3) is 3.39. The first-order valence-corrected chi connectivity index (χ1v) is 7.73. The average molecular weight is 319 g/mol. The van der Waals surface area contributed by atoms with Gasteiger partial charge in [0.25, 0.3) is 0 Å². The zero-order valence-electron chi connectivity index (χ0n) is 13.2. The lowest BCUT2D eigenvalue weighted by molar-refractivity contribution is -0.144. The maximum Gasteiger partial charge on any atom is 0.247 e. The first-order valence-electron chi connectivity index (χ1n) is 7.73. The number of amides is 2. The quantitative estimate of drug-likeness (QED) is 0.840. The van der Waals surface area contributed by atoms with Crippen molar-refractivity contribution in [1.82, 2.24) is 10.2 Å². The van der Waals surface area contributed by atoms with E-state index >= 15 is 0 Å². The van der Waals surface area contributed by atoms with Gasteiger partial charge in [0.2, 0.25) is 11.8 Å². The maximum absolute atomic E-state index is 12.5. The van der Waals surface area contributed by atoms with Crippen LogP contribution < -0.4 is 15.0 Å². The number of ether oxygens (including phenoxy) is 2. The summed E-state index contributed by atoms with van der Waals surface area (Å²) < 4.78 is 10.5. The van der Waals surface area contributed by atoms with E-state index in [-0.39, 0.29) is 25.0 Å². The molecular formula is C16H21N3O4. The van der Waals surface area contributed by atoms with Crippen LogP contribution in [0.1, 0.15) is 0 Å². The second-order valence-electron chi connectivity index (χ2n) is 5.62. The fourth-order valence-corrected chi connectivity index (χ4v) is 2.96. The molecule has 1 aromatic rings. The largest absolute Gasteiger partial charge is 0.495 e. The van der Waals surface area contributed by atoms with E-state index in [1.54, 1.807) is 12.0 Å². The molecule has 0 saturated carbocycles. The van der Waals surface area contributed by atoms with Gasteiger partial charge in [0.15, 0.2) is 0 Å². The van der Waals surface area contributed by atoms with E-state index in [0.717, 1.165) is 24.5 Å². The van der Waals surface area contributed by atoms with Gasteiger partial charge in [-0.05, 0) is 12.1 Å². The Morgan fingerprint density at radius 3 is 2.70 bits per heavy atom. The van der Waals surface area contributed by atoms with Crippen molar-refractivity contribution in [2.24, 2.45) is 0 Å². The second kappa shape index (κ2) is 6.87. The number of nitrogens with zero attached hydrogens (tertiary/aromatic N) is 2. The van der Waals surface area contributed by atoms with Crippen molar-refractivity contribution in [3.05, 3.63) is 24.3 Å². The van der Waals surface area contributed by atoms with Gasteiger partial charge < -0.3 is 24.6 Å². The first kappa shape index (κ1) is 15.6. The van der Waals surface area contributed by atoms with Crippen molar-refractivity contribution in [3.63, 3.8) is 0 Å². The van der Waals surface area contributed by atoms with E-state index in [4.69, 9.17) is 9.47 Å². The predicted molar refractivity (Wildman–Crippen MR) is 84.5 cm³/mol. The van der Waals surface area contributed by atoms with Crippen LogP contribution in [0.3, 0.4) is 0 Å². The number of para-hydroxylation sites is 2. The molecule has 0 aromatic heterocycles. The molecule has 1 unspecified atom stereocenters. The number of morpholine rings is 1. The third-order valence-electron chi connectivity index (χ3n) is 4.17. The molecule has 1 aromatic carbocycles. The van der Waals surface area contributed by atoms with Crippen LogP contribution in [0.4, 0.5) is 5.69 Å². The summed E-state index contributed by atoms with van der Waals surface area (Å²) in [5.74, 6) is 0.528. The molecule has 2 fully saturated rings. The van der Waals surface area contributed by atoms with Gasteiger partial charge in [0.1, 0.15) is 18.4 Å². The monoisotopic (exact) mass is 319 g/mol. The lowest BCUT2D eigenvalue weighted by Gasteiger charge is -2.38. The fraction of sp³-hybridized carbons (Fsp3) is 0.500. The van der Waals surface area contributed by atoms with Crippen LogP contribution in [0.5, 0.6) is 5.75 Å². The molecule has 124 valence electrons. The number of piperazine rings is 1. The first-order chi connectivity index (χ1) is 11.2. The second-order valence-corrected chi connectivity index (χ2v) is 5.62. The Morgan fingerprint density at radius 2 is 2.00 bits per heavy atom. The van der Waals surface area contributed by atoms with Gasteiger partial charge in [-0.3, -0.25) is 9.59 Å². The van der Waals surface area contributed by atoms with Gasteiger partial charge in [-0.2, -0.15) is 0 Å². The van der Waals surface area contributed by atoms with Crippen molar-refractivity contribution in [3.8, 4) is 5.75 Å². The summed E-state index contributed by atoms with van der Waals surface area (Å²) in [6.45, 7) is 2.97. The molecule has 7 heteroatoms. The molecule has 0 radical (unpaired) electrons. The van der Waals surface area contributed by atoms with Gasteiger partial charge >= 0.3 is 0 Å². The molecule has 1 atom stereocenters. The number of nitrogens with one attached hydrogen (secondary N) is 1. The van der Waals surface area contributed by atoms with Crippen LogP contribution in [-0.2, 0) is 14.3 Å². The molecule has 2 heterocycles. The highest BCUT2D eigenvalue weighted by molar-refractivity contribution is 5.89. The van der Waals surface area contributed by atoms with E-state index in [0.29, 0.717) is 13.1 Å². The van der Waals surface area contributed by atoms with Gasteiger partial charge in [-0.25, -0.2) is 0 Å². The highest BCUT2D eigenvalue weighted by Gasteiger charge is 2.31. The molecule has 3 rings (SSSR count). The van der Waals surface area contributed by atoms with Crippen molar-refractivity contribution in [2.75, 3.05) is 51.4 Å². The maximum atomic E-state index is 12.5. The van der Waals surface area contributed by atoms with E-state index in [1.807, 2.05) is 24.3 Å². The van der Waals surface area contributed by atoms with Crippen molar-refractivity contribution < 1.29 is 19.1 Å². The highest BCUT2D eigenvalue weighted by atomic mass is 16.5. The van der Waals surface area contributed by atoms with Gasteiger partial charge in [0, 0.05) is 26.2 Å². The summed E-state index contributed by atoms with van der Waals surface area (Å²) in [5.41, 5.74) is 1.04. The Morgan fingerprint density at radius 1 is 1.26 bits per heavy atom. The Labute approximate surface area is 135 Å². The average Bonchev–Trinajstić information content (AvgIpc) is 2.61. The minimum atomic E-state index is -0.561. The van der Waals surface area contributed by atoms with E-state index in [2.05, 4.69) is 10.2 Å². The molecular weight excluding hydrogens is 298 g/mol. The summed E-state index contributed by atoms with van der Waals surface area (Å²) in [6, 6.07) is 7.31. The third-order valence-corrected chi connectivity index (χ3v) is 4.17. The zero-order chi connectivity index (χ0) is 16.2. The number of hydrogen-bond donors (Lipinski definition) is 1. The van der Waals surface area contributed by atoms with Crippen LogP contribution >= 0.6 is 0 Å². The molecule has 2 aliphatic rings. The molecule has 1 N–H and O–H groups in total. The molecule has 0 aliphatic carbocycles. The van der Waals surface area contributed by atoms with Crippen molar-refractivity contribution in [1.29, 1.82) is 0 Å². The Balaban J connectivity index is 1.60. The number of anilines is 1. The Bertz CT molecular complexity index is 584. The number of rotatable bonds is 3. The number of hydrogen-bond acceptors (Lipinski definition) is 5. The molecule has 2 amide bonds. The summed E-state index contributed by atoms with van der Waals surface area (Å²) in [4.78, 5) is 27.8. The van der Waals surface area contributed by atoms with Gasteiger partial charge in [0.05, 0.1) is 19.4 Å². The van der Waals surface area contributed by atoms with E-state index in [1.165, 1.54) is 0 Å². The minimum absolute atomic E-state index is 0.0331. The van der Waals surface area contributed by atoms with Crippen LogP contribution in [-0.4, -0.2) is 69.3 Å². The molecule has 7 nitrogen and oxygen atoms in total. The standard InChI is InChI=1S/C16H21N3O4/c1-22-14-5-3-2-4-13(14)18-6-8-19(9-7-18)16(21)12-10-23-11-15(20)17-12/h2-5,12H,6-11H2,1H3,(H,17,20). The van der Waals surface area contributed by atoms with Gasteiger partial charge in [-0.15, -0.1) is 0 Å². The normalized spacial score (nSPS) is 21.8. The number of carbonyl (C=O) groups excluding carboxylic acids is 2. The SMILES string of the molecule is COc1ccccc1N1CCN(C(=O)C2COCC(=O)N2)CC1. The number of carbonyl (C=O) groups is 2. The van der Waals surface area contributed by atoms with Crippen molar-refractivity contribution >= 4 is 17.5 Å². The lowest BCUT2D eigenvalue weighted by Crippen LogP contribution is -2.58. The van der Waals surface area contributed by atoms with E-state index < -0.39 is 6.04 Å². The zero-order valence-corrected chi connectivity index (χ0v) is 13.2. The fourth-order valence-electron chi connectivity index (χ4n) is 2.96. The summed E-state index contributed by atoms with van der Waals surface area (Å²) >= 11 is 0. The summed E-state index contributed by atoms with van der Waals surface area (Å²) in [6.07, 6.45) is 0. The molecule has 2 aliphatic heterocycles. The van der Waals surface area contributed by atoms with Crippen LogP contribution in [0.2, 0.25) is 0 Å². The number of benzene rings is 1. The van der Waals surface area contributed by atoms with Crippen LogP contribution in [0.15, 0.2) is 24.3 Å². The molecule has 23 heavy (non-hydrogen) atoms. The van der Waals surface area contributed by atoms with Crippen molar-refractivity contribution in [2.45, 2.75) is 6.04 Å². The molecule has 0 bridgehead atoms. The molecule has 2 saturated heterocycles. The summed E-state index contributed by atoms with van der Waals surface area (Å²) in [5, 5.41) is 2.69. The summed E-state index contributed by atoms with van der Waals surface area (Å²) in [7, 11) is 1.66. The smallest absolute Gasteiger partial charge is 0.247 e. The minimum Gasteiger partial charge on any atom is -0.495 e. The lowest BCUT2D eigenvalue weighted by atomic mass is 10.2. The number of methoxy groups -OCH3 is 1. The Kier molecular flexibility index (Phi) is 4.66. The predicted octanol–water partition coefficient (Wildman–Crippen LogP) is -0.141. The van der Waals surface area contributed by atoms with Gasteiger partial charge in [-0.1, -0.05) is 12.1 Å². The van der Waals surface area contributed by atoms with Crippen LogP contribution in [0, 0.1) is 0 Å².